The lowest BCUT2D eigenvalue weighted by Gasteiger charge is -2.17. The highest BCUT2D eigenvalue weighted by molar-refractivity contribution is 5.51. The first-order valence-corrected chi connectivity index (χ1v) is 6.09. The summed E-state index contributed by atoms with van der Waals surface area (Å²) in [5.74, 6) is 2.05. The fourth-order valence-corrected chi connectivity index (χ4v) is 2.48. The Balaban J connectivity index is 2.01. The molecule has 0 spiro atoms. The summed E-state index contributed by atoms with van der Waals surface area (Å²) < 4.78 is 1.47. The number of hydrogen-bond acceptors (Lipinski definition) is 5. The smallest absolute Gasteiger partial charge is 0.349 e. The van der Waals surface area contributed by atoms with Gasteiger partial charge in [0, 0.05) is 19.2 Å². The molecule has 0 saturated carbocycles. The fraction of sp³-hybridized carbons (Fsp3) is 0.545. The van der Waals surface area contributed by atoms with Gasteiger partial charge in [-0.25, -0.2) is 19.3 Å². The largest absolute Gasteiger partial charge is 0.356 e. The summed E-state index contributed by atoms with van der Waals surface area (Å²) in [4.78, 5) is 18.2. The van der Waals surface area contributed by atoms with Gasteiger partial charge in [-0.2, -0.15) is 5.10 Å². The number of nitrogens with zero attached hydrogens (tertiary/aromatic N) is 4. The van der Waals surface area contributed by atoms with Crippen LogP contribution in [-0.2, 0) is 0 Å². The summed E-state index contributed by atoms with van der Waals surface area (Å²) in [6.07, 6.45) is 1.09. The summed E-state index contributed by atoms with van der Waals surface area (Å²) in [5.41, 5.74) is 6.05. The van der Waals surface area contributed by atoms with Crippen LogP contribution in [-0.4, -0.2) is 39.2 Å². The van der Waals surface area contributed by atoms with Crippen LogP contribution in [0.1, 0.15) is 12.2 Å². The van der Waals surface area contributed by atoms with E-state index in [1.165, 1.54) is 4.40 Å². The molecular weight excluding hydrogens is 232 g/mol. The van der Waals surface area contributed by atoms with Crippen molar-refractivity contribution in [3.05, 3.63) is 22.4 Å². The molecule has 0 bridgehead atoms. The molecule has 3 rings (SSSR count). The molecule has 7 nitrogen and oxygen atoms in total. The minimum atomic E-state index is -0.247. The van der Waals surface area contributed by atoms with Crippen LogP contribution in [0.15, 0.2) is 10.9 Å². The summed E-state index contributed by atoms with van der Waals surface area (Å²) in [6.45, 7) is 4.40. The molecule has 0 amide bonds. The molecule has 3 heterocycles. The maximum atomic E-state index is 11.5. The van der Waals surface area contributed by atoms with E-state index in [-0.39, 0.29) is 5.69 Å². The molecule has 2 aromatic rings. The van der Waals surface area contributed by atoms with E-state index in [4.69, 9.17) is 5.73 Å². The van der Waals surface area contributed by atoms with E-state index < -0.39 is 0 Å². The topological polar surface area (TPSA) is 92.3 Å². The minimum Gasteiger partial charge on any atom is -0.356 e. The van der Waals surface area contributed by atoms with Gasteiger partial charge in [-0.1, -0.05) is 0 Å². The van der Waals surface area contributed by atoms with E-state index >= 15 is 0 Å². The Morgan fingerprint density at radius 2 is 2.44 bits per heavy atom. The zero-order chi connectivity index (χ0) is 12.7. The van der Waals surface area contributed by atoms with E-state index in [9.17, 15) is 4.79 Å². The Morgan fingerprint density at radius 1 is 1.61 bits per heavy atom. The van der Waals surface area contributed by atoms with Gasteiger partial charge in [-0.05, 0) is 25.8 Å². The van der Waals surface area contributed by atoms with Crippen LogP contribution in [0.25, 0.3) is 5.65 Å². The van der Waals surface area contributed by atoms with Crippen LogP contribution in [0.3, 0.4) is 0 Å². The predicted octanol–water partition coefficient (Wildman–Crippen LogP) is -0.489. The molecule has 1 aliphatic heterocycles. The average Bonchev–Trinajstić information content (AvgIpc) is 2.96. The monoisotopic (exact) mass is 248 g/mol. The number of rotatable bonds is 2. The van der Waals surface area contributed by atoms with Crippen LogP contribution < -0.4 is 16.3 Å². The highest BCUT2D eigenvalue weighted by atomic mass is 16.1. The number of nitrogens with one attached hydrogen (secondary N) is 1. The van der Waals surface area contributed by atoms with Crippen molar-refractivity contribution in [2.75, 3.05) is 24.5 Å². The van der Waals surface area contributed by atoms with Gasteiger partial charge in [-0.15, -0.1) is 0 Å². The van der Waals surface area contributed by atoms with Crippen molar-refractivity contribution in [3.8, 4) is 0 Å². The molecule has 0 aliphatic carbocycles. The van der Waals surface area contributed by atoms with Crippen molar-refractivity contribution < 1.29 is 0 Å². The molecule has 1 saturated heterocycles. The molecule has 18 heavy (non-hydrogen) atoms. The lowest BCUT2D eigenvalue weighted by atomic mass is 10.1. The van der Waals surface area contributed by atoms with Gasteiger partial charge >= 0.3 is 5.69 Å². The van der Waals surface area contributed by atoms with Gasteiger partial charge in [-0.3, -0.25) is 0 Å². The number of H-pyrrole nitrogens is 1. The molecule has 1 atom stereocenters. The summed E-state index contributed by atoms with van der Waals surface area (Å²) in [6, 6.07) is 1.84. The van der Waals surface area contributed by atoms with Crippen molar-refractivity contribution in [3.63, 3.8) is 0 Å². The van der Waals surface area contributed by atoms with Gasteiger partial charge in [0.25, 0.3) is 0 Å². The Bertz CT molecular complexity index is 630. The highest BCUT2D eigenvalue weighted by Gasteiger charge is 2.23. The van der Waals surface area contributed by atoms with Crippen LogP contribution >= 0.6 is 0 Å². The SMILES string of the molecule is Cc1nc(N2CCC(CN)C2)cc2n[nH]c(=O)n12. The number of aryl methyl sites for hydroxylation is 1. The predicted molar refractivity (Wildman–Crippen MR) is 67.7 cm³/mol. The van der Waals surface area contributed by atoms with Crippen LogP contribution in [0.5, 0.6) is 0 Å². The Morgan fingerprint density at radius 3 is 3.17 bits per heavy atom. The quantitative estimate of drug-likeness (QED) is 0.748. The molecular formula is C11H16N6O. The van der Waals surface area contributed by atoms with Gasteiger partial charge in [0.15, 0.2) is 5.65 Å². The number of hydrogen-bond donors (Lipinski definition) is 2. The third-order valence-electron chi connectivity index (χ3n) is 3.50. The Labute approximate surface area is 104 Å². The molecule has 0 radical (unpaired) electrons. The molecule has 2 aromatic heterocycles. The maximum Gasteiger partial charge on any atom is 0.349 e. The molecule has 1 aliphatic rings. The summed E-state index contributed by atoms with van der Waals surface area (Å²) >= 11 is 0. The average molecular weight is 248 g/mol. The first kappa shape index (κ1) is 11.2. The second-order valence-electron chi connectivity index (χ2n) is 4.72. The van der Waals surface area contributed by atoms with Crippen molar-refractivity contribution in [1.82, 2.24) is 19.6 Å². The first-order chi connectivity index (χ1) is 8.69. The minimum absolute atomic E-state index is 0.247. The molecule has 7 heteroatoms. The Hall–Kier alpha value is -1.89. The molecule has 3 N–H and O–H groups in total. The summed E-state index contributed by atoms with van der Waals surface area (Å²) in [7, 11) is 0. The summed E-state index contributed by atoms with van der Waals surface area (Å²) in [5, 5.41) is 6.42. The second-order valence-corrected chi connectivity index (χ2v) is 4.72. The van der Waals surface area contributed by atoms with E-state index in [0.717, 1.165) is 25.3 Å². The Kier molecular flexibility index (Phi) is 2.55. The van der Waals surface area contributed by atoms with Gasteiger partial charge in [0.2, 0.25) is 0 Å². The normalized spacial score (nSPS) is 19.9. The third kappa shape index (κ3) is 1.67. The fourth-order valence-electron chi connectivity index (χ4n) is 2.48. The van der Waals surface area contributed by atoms with Crippen molar-refractivity contribution >= 4 is 11.5 Å². The van der Waals surface area contributed by atoms with Gasteiger partial charge < -0.3 is 10.6 Å². The standard InChI is InChI=1S/C11H16N6O/c1-7-13-9(16-3-2-8(5-12)6-16)4-10-14-15-11(18)17(7)10/h4,8H,2-3,5-6,12H2,1H3,(H,15,18). The lowest BCUT2D eigenvalue weighted by Crippen LogP contribution is -2.24. The van der Waals surface area contributed by atoms with Crippen molar-refractivity contribution in [1.29, 1.82) is 0 Å². The number of aromatic nitrogens is 4. The van der Waals surface area contributed by atoms with Gasteiger partial charge in [0.05, 0.1) is 0 Å². The first-order valence-electron chi connectivity index (χ1n) is 6.09. The third-order valence-corrected chi connectivity index (χ3v) is 3.50. The highest BCUT2D eigenvalue weighted by Crippen LogP contribution is 2.22. The number of nitrogens with two attached hydrogens (primary N) is 1. The molecule has 96 valence electrons. The zero-order valence-electron chi connectivity index (χ0n) is 10.3. The van der Waals surface area contributed by atoms with E-state index in [1.807, 2.05) is 13.0 Å². The van der Waals surface area contributed by atoms with E-state index in [2.05, 4.69) is 20.1 Å². The van der Waals surface area contributed by atoms with Crippen molar-refractivity contribution in [2.45, 2.75) is 13.3 Å². The van der Waals surface area contributed by atoms with Crippen LogP contribution in [0.4, 0.5) is 5.82 Å². The maximum absolute atomic E-state index is 11.5. The molecule has 0 aromatic carbocycles. The number of anilines is 1. The zero-order valence-corrected chi connectivity index (χ0v) is 10.3. The van der Waals surface area contributed by atoms with Gasteiger partial charge in [0.1, 0.15) is 11.6 Å². The van der Waals surface area contributed by atoms with Crippen LogP contribution in [0.2, 0.25) is 0 Å². The van der Waals surface area contributed by atoms with Crippen LogP contribution in [0, 0.1) is 12.8 Å². The van der Waals surface area contributed by atoms with E-state index in [0.29, 0.717) is 23.9 Å². The number of fused-ring (bicyclic) bond motifs is 1. The number of aromatic amines is 1. The molecule has 1 fully saturated rings. The van der Waals surface area contributed by atoms with Crippen molar-refractivity contribution in [2.24, 2.45) is 11.7 Å². The van der Waals surface area contributed by atoms with E-state index in [1.54, 1.807) is 0 Å². The lowest BCUT2D eigenvalue weighted by molar-refractivity contribution is 0.602. The second kappa shape index (κ2) is 4.09. The molecule has 1 unspecified atom stereocenters.